The van der Waals surface area contributed by atoms with E-state index in [1.54, 1.807) is 6.20 Å². The second kappa shape index (κ2) is 7.09. The second-order valence-corrected chi connectivity index (χ2v) is 6.40. The van der Waals surface area contributed by atoms with Crippen LogP contribution < -0.4 is 10.9 Å². The number of hydrogen-bond acceptors (Lipinski definition) is 3. The molecule has 0 spiro atoms. The average molecular weight is 371 g/mol. The molecule has 0 unspecified atom stereocenters. The molecule has 0 aliphatic carbocycles. The van der Waals surface area contributed by atoms with Gasteiger partial charge in [0.05, 0.1) is 11.9 Å². The van der Waals surface area contributed by atoms with Gasteiger partial charge in [0.15, 0.2) is 0 Å². The first-order chi connectivity index (χ1) is 9.99. The monoisotopic (exact) mass is 369 g/mol. The van der Waals surface area contributed by atoms with Gasteiger partial charge in [-0.2, -0.15) is 5.10 Å². The Morgan fingerprint density at radius 1 is 1.38 bits per heavy atom. The summed E-state index contributed by atoms with van der Waals surface area (Å²) < 4.78 is 1.96. The molecule has 0 aliphatic rings. The van der Waals surface area contributed by atoms with Crippen LogP contribution in [0.15, 0.2) is 39.7 Å². The topological polar surface area (TPSA) is 46.9 Å². The van der Waals surface area contributed by atoms with Crippen molar-refractivity contribution in [2.24, 2.45) is 5.92 Å². The molecule has 0 bridgehead atoms. The Kier molecular flexibility index (Phi) is 5.42. The van der Waals surface area contributed by atoms with Gasteiger partial charge < -0.3 is 5.32 Å². The lowest BCUT2D eigenvalue weighted by Gasteiger charge is -2.12. The molecule has 0 saturated heterocycles. The molecule has 0 amide bonds. The number of anilines is 1. The van der Waals surface area contributed by atoms with Crippen LogP contribution in [-0.2, 0) is 13.1 Å². The summed E-state index contributed by atoms with van der Waals surface area (Å²) in [6.07, 6.45) is 1.66. The number of benzene rings is 1. The van der Waals surface area contributed by atoms with Gasteiger partial charge in [0.2, 0.25) is 0 Å². The number of nitrogens with zero attached hydrogens (tertiary/aromatic N) is 2. The highest BCUT2D eigenvalue weighted by molar-refractivity contribution is 9.10. The Bertz CT molecular complexity index is 685. The molecule has 4 nitrogen and oxygen atoms in total. The van der Waals surface area contributed by atoms with Gasteiger partial charge >= 0.3 is 0 Å². The van der Waals surface area contributed by atoms with E-state index in [1.807, 2.05) is 38.1 Å². The first-order valence-corrected chi connectivity index (χ1v) is 7.89. The molecule has 0 fully saturated rings. The van der Waals surface area contributed by atoms with Gasteiger partial charge in [-0.1, -0.05) is 43.6 Å². The minimum Gasteiger partial charge on any atom is -0.379 e. The Labute approximate surface area is 137 Å². The molecule has 21 heavy (non-hydrogen) atoms. The Balaban J connectivity index is 2.17. The lowest BCUT2D eigenvalue weighted by molar-refractivity contribution is 0.462. The van der Waals surface area contributed by atoms with E-state index in [9.17, 15) is 4.79 Å². The molecule has 2 rings (SSSR count). The van der Waals surface area contributed by atoms with Gasteiger partial charge in [0.25, 0.3) is 5.56 Å². The highest BCUT2D eigenvalue weighted by Gasteiger charge is 2.10. The fraction of sp³-hybridized carbons (Fsp3) is 0.333. The zero-order chi connectivity index (χ0) is 15.4. The van der Waals surface area contributed by atoms with Crippen LogP contribution in [0.4, 0.5) is 5.69 Å². The number of nitrogens with one attached hydrogen (secondary N) is 1. The van der Waals surface area contributed by atoms with Crippen molar-refractivity contribution in [1.82, 2.24) is 9.78 Å². The zero-order valence-electron chi connectivity index (χ0n) is 11.9. The van der Waals surface area contributed by atoms with Crippen LogP contribution in [0.1, 0.15) is 19.4 Å². The summed E-state index contributed by atoms with van der Waals surface area (Å²) in [6.45, 7) is 5.23. The third-order valence-corrected chi connectivity index (χ3v) is 4.09. The van der Waals surface area contributed by atoms with Gasteiger partial charge in [-0.05, 0) is 33.5 Å². The van der Waals surface area contributed by atoms with Crippen molar-refractivity contribution in [2.75, 3.05) is 5.32 Å². The summed E-state index contributed by atoms with van der Waals surface area (Å²) in [5.74, 6) is 0.365. The van der Waals surface area contributed by atoms with E-state index in [1.165, 1.54) is 4.68 Å². The molecule has 0 saturated carbocycles. The smallest absolute Gasteiger partial charge is 0.283 e. The molecule has 2 aromatic rings. The van der Waals surface area contributed by atoms with Crippen LogP contribution in [0.2, 0.25) is 5.02 Å². The molecule has 112 valence electrons. The maximum absolute atomic E-state index is 12.2. The molecule has 0 aliphatic heterocycles. The lowest BCUT2D eigenvalue weighted by Crippen LogP contribution is -2.26. The molecule has 1 heterocycles. The van der Waals surface area contributed by atoms with E-state index in [-0.39, 0.29) is 5.56 Å². The van der Waals surface area contributed by atoms with E-state index in [2.05, 4.69) is 26.3 Å². The average Bonchev–Trinajstić information content (AvgIpc) is 2.44. The SMILES string of the molecule is CC(C)Cn1ncc(NCc2ccccc2Cl)c(Br)c1=O. The van der Waals surface area contributed by atoms with Gasteiger partial charge in [-0.3, -0.25) is 4.79 Å². The third-order valence-electron chi connectivity index (χ3n) is 2.95. The normalized spacial score (nSPS) is 10.9. The van der Waals surface area contributed by atoms with Crippen LogP contribution in [0.25, 0.3) is 0 Å². The van der Waals surface area contributed by atoms with Gasteiger partial charge in [-0.15, -0.1) is 0 Å². The number of aromatic nitrogens is 2. The van der Waals surface area contributed by atoms with Gasteiger partial charge in [0, 0.05) is 18.1 Å². The van der Waals surface area contributed by atoms with Crippen molar-refractivity contribution >= 4 is 33.2 Å². The van der Waals surface area contributed by atoms with E-state index < -0.39 is 0 Å². The molecule has 0 radical (unpaired) electrons. The summed E-state index contributed by atoms with van der Waals surface area (Å²) in [5, 5.41) is 8.07. The first-order valence-electron chi connectivity index (χ1n) is 6.72. The fourth-order valence-electron chi connectivity index (χ4n) is 1.90. The fourth-order valence-corrected chi connectivity index (χ4v) is 2.55. The molecule has 6 heteroatoms. The largest absolute Gasteiger partial charge is 0.379 e. The minimum absolute atomic E-state index is 0.132. The van der Waals surface area contributed by atoms with Crippen LogP contribution in [-0.4, -0.2) is 9.78 Å². The van der Waals surface area contributed by atoms with Crippen molar-refractivity contribution in [3.63, 3.8) is 0 Å². The van der Waals surface area contributed by atoms with Crippen molar-refractivity contribution in [1.29, 1.82) is 0 Å². The molecular weight excluding hydrogens is 354 g/mol. The van der Waals surface area contributed by atoms with E-state index in [0.717, 1.165) is 5.56 Å². The van der Waals surface area contributed by atoms with Gasteiger partial charge in [0.1, 0.15) is 4.47 Å². The maximum Gasteiger partial charge on any atom is 0.283 e. The first kappa shape index (κ1) is 16.0. The quantitative estimate of drug-likeness (QED) is 0.867. The minimum atomic E-state index is -0.132. The Morgan fingerprint density at radius 2 is 2.10 bits per heavy atom. The standard InChI is InChI=1S/C15H17BrClN3O/c1-10(2)9-20-15(21)14(16)13(8-19-20)18-7-11-5-3-4-6-12(11)17/h3-6,8,10,18H,7,9H2,1-2H3. The Morgan fingerprint density at radius 3 is 2.76 bits per heavy atom. The highest BCUT2D eigenvalue weighted by atomic mass is 79.9. The van der Waals surface area contributed by atoms with E-state index >= 15 is 0 Å². The van der Waals surface area contributed by atoms with Crippen LogP contribution >= 0.6 is 27.5 Å². The maximum atomic E-state index is 12.2. The van der Waals surface area contributed by atoms with Crippen LogP contribution in [0.3, 0.4) is 0 Å². The predicted octanol–water partition coefficient (Wildman–Crippen LogP) is 3.93. The van der Waals surface area contributed by atoms with E-state index in [0.29, 0.717) is 34.2 Å². The van der Waals surface area contributed by atoms with Crippen molar-refractivity contribution < 1.29 is 0 Å². The van der Waals surface area contributed by atoms with Crippen molar-refractivity contribution in [2.45, 2.75) is 26.9 Å². The zero-order valence-corrected chi connectivity index (χ0v) is 14.3. The molecule has 1 aromatic heterocycles. The summed E-state index contributed by atoms with van der Waals surface area (Å²) in [6, 6.07) is 7.59. The number of halogens is 2. The Hall–Kier alpha value is -1.33. The second-order valence-electron chi connectivity index (χ2n) is 5.20. The third kappa shape index (κ3) is 4.08. The predicted molar refractivity (Wildman–Crippen MR) is 89.8 cm³/mol. The highest BCUT2D eigenvalue weighted by Crippen LogP contribution is 2.20. The summed E-state index contributed by atoms with van der Waals surface area (Å²) in [7, 11) is 0. The summed E-state index contributed by atoms with van der Waals surface area (Å²) >= 11 is 9.46. The van der Waals surface area contributed by atoms with Gasteiger partial charge in [-0.25, -0.2) is 4.68 Å². The molecule has 0 atom stereocenters. The summed E-state index contributed by atoms with van der Waals surface area (Å²) in [5.41, 5.74) is 1.50. The van der Waals surface area contributed by atoms with E-state index in [4.69, 9.17) is 11.6 Å². The number of rotatable bonds is 5. The number of hydrogen-bond donors (Lipinski definition) is 1. The van der Waals surface area contributed by atoms with Crippen LogP contribution in [0.5, 0.6) is 0 Å². The molecular formula is C15H17BrClN3O. The molecule has 1 N–H and O–H groups in total. The molecule has 1 aromatic carbocycles. The summed E-state index contributed by atoms with van der Waals surface area (Å²) in [4.78, 5) is 12.2. The van der Waals surface area contributed by atoms with Crippen molar-refractivity contribution in [3.05, 3.63) is 55.9 Å². The van der Waals surface area contributed by atoms with Crippen LogP contribution in [0, 0.1) is 5.92 Å². The van der Waals surface area contributed by atoms with Crippen molar-refractivity contribution in [3.8, 4) is 0 Å². The lowest BCUT2D eigenvalue weighted by atomic mass is 10.2.